The van der Waals surface area contributed by atoms with Crippen LogP contribution in [-0.4, -0.2) is 113 Å². The molecule has 3 aliphatic carbocycles. The highest BCUT2D eigenvalue weighted by Gasteiger charge is 2.39. The predicted molar refractivity (Wildman–Crippen MR) is 290 cm³/mol. The van der Waals surface area contributed by atoms with Crippen molar-refractivity contribution in [2.45, 2.75) is 76.1 Å². The first-order chi connectivity index (χ1) is 38.8. The van der Waals surface area contributed by atoms with E-state index in [1.54, 1.807) is 84.8 Å². The molecule has 0 radical (unpaired) electrons. The second kappa shape index (κ2) is 23.9. The summed E-state index contributed by atoms with van der Waals surface area (Å²) in [6.45, 7) is 2.62. The van der Waals surface area contributed by atoms with Crippen molar-refractivity contribution in [3.05, 3.63) is 171 Å². The number of benzene rings is 1. The fourth-order valence-corrected chi connectivity index (χ4v) is 10.3. The van der Waals surface area contributed by atoms with Crippen molar-refractivity contribution in [3.8, 4) is 0 Å². The zero-order valence-electron chi connectivity index (χ0n) is 44.0. The summed E-state index contributed by atoms with van der Waals surface area (Å²) in [5, 5.41) is 16.7. The van der Waals surface area contributed by atoms with Gasteiger partial charge in [-0.2, -0.15) is 13.2 Å². The lowest BCUT2D eigenvalue weighted by atomic mass is 9.82. The van der Waals surface area contributed by atoms with Crippen LogP contribution in [0.5, 0.6) is 0 Å². The van der Waals surface area contributed by atoms with Crippen molar-refractivity contribution < 1.29 is 64.8 Å². The summed E-state index contributed by atoms with van der Waals surface area (Å²) in [6, 6.07) is 10.7. The lowest BCUT2D eigenvalue weighted by molar-refractivity contribution is -0.151. The highest BCUT2D eigenvalue weighted by atomic mass is 19.4. The normalized spacial score (nSPS) is 21.5. The van der Waals surface area contributed by atoms with Crippen molar-refractivity contribution in [2.24, 2.45) is 5.92 Å². The van der Waals surface area contributed by atoms with Gasteiger partial charge < -0.3 is 55.1 Å². The molecule has 6 heterocycles. The van der Waals surface area contributed by atoms with Crippen LogP contribution < -0.4 is 22.1 Å². The molecule has 6 aliphatic rings. The number of morpholine rings is 2. The Kier molecular flexibility index (Phi) is 16.5. The number of fused-ring (bicyclic) bond motifs is 2. The Morgan fingerprint density at radius 1 is 0.877 bits per heavy atom. The van der Waals surface area contributed by atoms with Crippen LogP contribution in [0.1, 0.15) is 67.0 Å². The number of ether oxygens (including phenoxy) is 4. The van der Waals surface area contributed by atoms with Crippen LogP contribution in [0.25, 0.3) is 28.7 Å². The third-order valence-electron chi connectivity index (χ3n) is 14.6. The number of furan rings is 1. The van der Waals surface area contributed by atoms with Crippen LogP contribution in [0.3, 0.4) is 0 Å². The molecular weight excluding hydrogens is 1060 g/mol. The molecule has 0 bridgehead atoms. The molecule has 3 amide bonds. The molecule has 0 spiro atoms. The minimum atomic E-state index is -4.78. The first-order valence-corrected chi connectivity index (χ1v) is 26.4. The lowest BCUT2D eigenvalue weighted by Crippen LogP contribution is -2.56. The lowest BCUT2D eigenvalue weighted by Gasteiger charge is -2.41. The van der Waals surface area contributed by atoms with E-state index in [1.807, 2.05) is 6.08 Å². The third-order valence-corrected chi connectivity index (χ3v) is 14.6. The number of nitrogens with one attached hydrogen (secondary N) is 2. The summed E-state index contributed by atoms with van der Waals surface area (Å²) in [6.07, 6.45) is 11.7. The molecule has 4 atom stereocenters. The maximum atomic E-state index is 14.5. The van der Waals surface area contributed by atoms with Gasteiger partial charge in [0.2, 0.25) is 11.8 Å². The summed E-state index contributed by atoms with van der Waals surface area (Å²) in [7, 11) is 0. The van der Waals surface area contributed by atoms with Gasteiger partial charge in [0.25, 0.3) is 6.43 Å². The fourth-order valence-electron chi connectivity index (χ4n) is 10.3. The van der Waals surface area contributed by atoms with Crippen LogP contribution >= 0.6 is 0 Å². The van der Waals surface area contributed by atoms with Crippen molar-refractivity contribution in [3.63, 3.8) is 0 Å². The predicted octanol–water partition coefficient (Wildman–Crippen LogP) is 8.90. The number of anilines is 2. The SMILES string of the molecule is CC(O)(C=Cc1ccc(N)nc1)NCC1=CC2CC(C3=CC=C(C(=O)N4CCOC(C5CN(C(=O)OC6=CCCC(c7cc(C(F)(F)F)c8oc(CNC(=O)C=Cc9ccc(N)nc9)cc8c7)=C6)CCO5)C4)CC3)=CC(C(F)F)=C2O1. The molecule has 0 saturated carbocycles. The molecule has 424 valence electrons. The van der Waals surface area contributed by atoms with Crippen LogP contribution in [0.15, 0.2) is 147 Å². The van der Waals surface area contributed by atoms with Gasteiger partial charge in [-0.15, -0.1) is 0 Å². The van der Waals surface area contributed by atoms with Crippen molar-refractivity contribution in [1.29, 1.82) is 0 Å². The maximum Gasteiger partial charge on any atom is 0.420 e. The molecule has 10 rings (SSSR count). The second-order valence-electron chi connectivity index (χ2n) is 20.5. The summed E-state index contributed by atoms with van der Waals surface area (Å²) < 4.78 is 102. The molecular formula is C59H59F5N8O9. The van der Waals surface area contributed by atoms with E-state index in [1.165, 1.54) is 35.4 Å². The van der Waals surface area contributed by atoms with Crippen LogP contribution in [0.4, 0.5) is 38.4 Å². The number of carbonyl (C=O) groups excluding carboxylic acids is 3. The van der Waals surface area contributed by atoms with Crippen molar-refractivity contribution >= 4 is 58.2 Å². The monoisotopic (exact) mass is 1120 g/mol. The Labute approximate surface area is 462 Å². The number of allylic oxidation sites excluding steroid dienone is 10. The fraction of sp³-hybridized carbons (Fsp3) is 0.339. The van der Waals surface area contributed by atoms with Crippen LogP contribution in [0.2, 0.25) is 0 Å². The summed E-state index contributed by atoms with van der Waals surface area (Å²) in [5.74, 6) is 0.426. The summed E-state index contributed by atoms with van der Waals surface area (Å²) in [4.78, 5) is 51.3. The smallest absolute Gasteiger partial charge is 0.420 e. The number of rotatable bonds is 15. The number of hydrogen-bond donors (Lipinski definition) is 5. The number of halogens is 5. The number of aromatic nitrogens is 2. The van der Waals surface area contributed by atoms with Gasteiger partial charge in [-0.25, -0.2) is 23.5 Å². The molecule has 4 aromatic rings. The zero-order chi connectivity index (χ0) is 57.0. The number of nitrogens with zero attached hydrogens (tertiary/aromatic N) is 4. The molecule has 4 unspecified atom stereocenters. The molecule has 3 aliphatic heterocycles. The summed E-state index contributed by atoms with van der Waals surface area (Å²) >= 11 is 0. The number of nitrogens with two attached hydrogens (primary N) is 2. The number of hydrogen-bond acceptors (Lipinski definition) is 14. The Morgan fingerprint density at radius 2 is 1.59 bits per heavy atom. The molecule has 17 nitrogen and oxygen atoms in total. The minimum Gasteiger partial charge on any atom is -0.464 e. The van der Waals surface area contributed by atoms with E-state index >= 15 is 0 Å². The van der Waals surface area contributed by atoms with E-state index in [4.69, 9.17) is 34.8 Å². The van der Waals surface area contributed by atoms with Gasteiger partial charge in [0.05, 0.1) is 44.0 Å². The topological polar surface area (TPSA) is 230 Å². The maximum absolute atomic E-state index is 14.5. The second-order valence-corrected chi connectivity index (χ2v) is 20.5. The molecule has 2 fully saturated rings. The van der Waals surface area contributed by atoms with E-state index in [0.717, 1.165) is 22.8 Å². The average molecular weight is 1120 g/mol. The Morgan fingerprint density at radius 3 is 2.27 bits per heavy atom. The van der Waals surface area contributed by atoms with Crippen molar-refractivity contribution in [2.75, 3.05) is 57.4 Å². The molecule has 81 heavy (non-hydrogen) atoms. The number of carbonyl (C=O) groups is 3. The minimum absolute atomic E-state index is 0.0765. The molecule has 7 N–H and O–H groups in total. The number of aliphatic hydroxyl groups is 1. The quantitative estimate of drug-likeness (QED) is 0.0425. The van der Waals surface area contributed by atoms with Gasteiger partial charge in [0, 0.05) is 55.0 Å². The van der Waals surface area contributed by atoms with E-state index in [2.05, 4.69) is 20.6 Å². The van der Waals surface area contributed by atoms with Gasteiger partial charge in [-0.05, 0) is 151 Å². The number of pyridine rings is 2. The molecule has 22 heteroatoms. The average Bonchev–Trinajstić information content (AvgIpc) is 4.31. The largest absolute Gasteiger partial charge is 0.464 e. The Hall–Kier alpha value is -8.18. The zero-order valence-corrected chi connectivity index (χ0v) is 44.0. The van der Waals surface area contributed by atoms with E-state index in [0.29, 0.717) is 72.8 Å². The number of amides is 3. The van der Waals surface area contributed by atoms with Gasteiger partial charge in [0.15, 0.2) is 0 Å². The Bertz CT molecular complexity index is 3370. The first-order valence-electron chi connectivity index (χ1n) is 26.4. The van der Waals surface area contributed by atoms with Crippen molar-refractivity contribution in [1.82, 2.24) is 30.4 Å². The molecule has 1 aromatic carbocycles. The standard InChI is InChI=1S/C59H59F5N8O9/c1-58(76,16-15-35-6-13-51(66)68-29-35)70-31-45-24-41-21-39(26-46(55(60)61)53(41)79-45)36-8-10-37(11-9-36)56(74)71-17-19-77-48(32-71)49-33-72(18-20-78-49)57(75)81-43-4-2-3-38(23-43)40-22-42-25-44(80-54(42)47(27-40)59(62,63)64)30-69-52(73)14-7-34-5-12-50(65)67-28-34/h4-8,10,12-16,22-29,41,48-49,55,70,76H,2-3,9,11,17-21,30-33H2,1H3,(H2,65,67)(H2,66,68)(H,69,73). The van der Waals surface area contributed by atoms with Gasteiger partial charge in [-0.3, -0.25) is 14.9 Å². The van der Waals surface area contributed by atoms with E-state index < -0.39 is 54.0 Å². The molecule has 2 saturated heterocycles. The van der Waals surface area contributed by atoms with Crippen LogP contribution in [0, 0.1) is 5.92 Å². The van der Waals surface area contributed by atoms with Crippen LogP contribution in [-0.2, 0) is 41.3 Å². The van der Waals surface area contributed by atoms with E-state index in [-0.39, 0.29) is 91.2 Å². The van der Waals surface area contributed by atoms with E-state index in [9.17, 15) is 41.4 Å². The Balaban J connectivity index is 0.729. The highest BCUT2D eigenvalue weighted by Crippen LogP contribution is 2.44. The highest BCUT2D eigenvalue weighted by molar-refractivity contribution is 5.94. The number of nitrogen functional groups attached to an aromatic ring is 2. The number of alkyl halides is 5. The van der Waals surface area contributed by atoms with Gasteiger partial charge >= 0.3 is 12.3 Å². The first kappa shape index (κ1) is 56.1. The molecule has 3 aromatic heterocycles. The van der Waals surface area contributed by atoms with Gasteiger partial charge in [0.1, 0.15) is 58.2 Å². The van der Waals surface area contributed by atoms with Gasteiger partial charge in [-0.1, -0.05) is 18.2 Å². The third kappa shape index (κ3) is 13.7. The summed E-state index contributed by atoms with van der Waals surface area (Å²) in [5.41, 5.74) is 12.5.